The highest BCUT2D eigenvalue weighted by molar-refractivity contribution is 7.89. The zero-order valence-corrected chi connectivity index (χ0v) is 16.6. The van der Waals surface area contributed by atoms with Gasteiger partial charge < -0.3 is 9.80 Å². The van der Waals surface area contributed by atoms with Crippen molar-refractivity contribution in [2.45, 2.75) is 31.2 Å². The Bertz CT molecular complexity index is 957. The Morgan fingerprint density at radius 2 is 2.04 bits per heavy atom. The predicted octanol–water partition coefficient (Wildman–Crippen LogP) is 1.93. The molecular formula is C19H24N4O3S. The van der Waals surface area contributed by atoms with Gasteiger partial charge >= 0.3 is 0 Å². The average Bonchev–Trinajstić information content (AvgIpc) is 2.65. The molecule has 0 spiro atoms. The second kappa shape index (κ2) is 7.66. The van der Waals surface area contributed by atoms with Gasteiger partial charge in [0.05, 0.1) is 4.90 Å². The molecule has 0 aliphatic carbocycles. The summed E-state index contributed by atoms with van der Waals surface area (Å²) in [7, 11) is 0.115. The number of aromatic nitrogens is 1. The highest BCUT2D eigenvalue weighted by atomic mass is 32.2. The first-order valence-corrected chi connectivity index (χ1v) is 10.3. The highest BCUT2D eigenvalue weighted by Crippen LogP contribution is 2.29. The number of pyridine rings is 1. The molecule has 0 unspecified atom stereocenters. The molecule has 0 radical (unpaired) electrons. The van der Waals surface area contributed by atoms with Crippen LogP contribution in [0.5, 0.6) is 0 Å². The Hall–Kier alpha value is -2.45. The minimum Gasteiger partial charge on any atom is -0.363 e. The Labute approximate surface area is 160 Å². The lowest BCUT2D eigenvalue weighted by Crippen LogP contribution is -2.33. The van der Waals surface area contributed by atoms with E-state index in [2.05, 4.69) is 9.71 Å². The van der Waals surface area contributed by atoms with Crippen LogP contribution in [0.25, 0.3) is 0 Å². The summed E-state index contributed by atoms with van der Waals surface area (Å²) in [6, 6.07) is 8.58. The maximum atomic E-state index is 12.7. The quantitative estimate of drug-likeness (QED) is 0.846. The third-order valence-corrected chi connectivity index (χ3v) is 5.99. The van der Waals surface area contributed by atoms with E-state index < -0.39 is 10.0 Å². The van der Waals surface area contributed by atoms with E-state index >= 15 is 0 Å². The molecule has 0 saturated carbocycles. The van der Waals surface area contributed by atoms with Crippen molar-refractivity contribution in [1.29, 1.82) is 0 Å². The van der Waals surface area contributed by atoms with Gasteiger partial charge in [-0.05, 0) is 54.3 Å². The maximum absolute atomic E-state index is 12.7. The van der Waals surface area contributed by atoms with Crippen LogP contribution >= 0.6 is 0 Å². The Kier molecular flexibility index (Phi) is 5.48. The van der Waals surface area contributed by atoms with Crippen LogP contribution in [0.15, 0.2) is 41.4 Å². The van der Waals surface area contributed by atoms with Crippen molar-refractivity contribution in [1.82, 2.24) is 9.71 Å². The lowest BCUT2D eigenvalue weighted by Gasteiger charge is -2.28. The minimum atomic E-state index is -3.65. The van der Waals surface area contributed by atoms with Crippen molar-refractivity contribution < 1.29 is 13.2 Å². The van der Waals surface area contributed by atoms with Gasteiger partial charge in [0, 0.05) is 46.0 Å². The van der Waals surface area contributed by atoms with Crippen molar-refractivity contribution in [2.75, 3.05) is 30.4 Å². The maximum Gasteiger partial charge on any atom is 0.240 e. The molecule has 0 atom stereocenters. The second-order valence-corrected chi connectivity index (χ2v) is 8.57. The number of hydrogen-bond acceptors (Lipinski definition) is 5. The number of hydrogen-bond donors (Lipinski definition) is 1. The van der Waals surface area contributed by atoms with Gasteiger partial charge in [-0.25, -0.2) is 18.1 Å². The summed E-state index contributed by atoms with van der Waals surface area (Å²) in [6.07, 6.45) is 3.25. The Balaban J connectivity index is 1.79. The number of amides is 1. The molecule has 0 fully saturated rings. The fraction of sp³-hybridized carbons (Fsp3) is 0.368. The van der Waals surface area contributed by atoms with E-state index in [1.807, 2.05) is 25.1 Å². The number of nitrogens with zero attached hydrogens (tertiary/aromatic N) is 3. The molecule has 1 aromatic carbocycles. The number of rotatable bonds is 5. The first-order chi connectivity index (χ1) is 12.8. The average molecular weight is 388 g/mol. The number of fused-ring (bicyclic) bond motifs is 1. The molecule has 8 heteroatoms. The van der Waals surface area contributed by atoms with Crippen molar-refractivity contribution in [3.8, 4) is 0 Å². The van der Waals surface area contributed by atoms with Crippen LogP contribution in [0.3, 0.4) is 0 Å². The molecule has 1 aliphatic rings. The zero-order valence-electron chi connectivity index (χ0n) is 15.8. The minimum absolute atomic E-state index is 0.0286. The van der Waals surface area contributed by atoms with Crippen molar-refractivity contribution >= 4 is 27.4 Å². The monoisotopic (exact) mass is 388 g/mol. The molecule has 27 heavy (non-hydrogen) atoms. The summed E-state index contributed by atoms with van der Waals surface area (Å²) < 4.78 is 28.1. The van der Waals surface area contributed by atoms with Crippen LogP contribution in [-0.4, -0.2) is 39.9 Å². The molecule has 3 rings (SSSR count). The standard InChI is InChI=1S/C19H24N4O3S/c1-14(24)23-10-4-5-16-12-17(6-7-18(16)23)27(25,26)21-13-15-8-9-20-19(11-15)22(2)3/h6-9,11-12,21H,4-5,10,13H2,1-3H3. The van der Waals surface area contributed by atoms with Gasteiger partial charge in [0.2, 0.25) is 15.9 Å². The van der Waals surface area contributed by atoms with Crippen molar-refractivity contribution in [3.63, 3.8) is 0 Å². The van der Waals surface area contributed by atoms with Gasteiger partial charge in [-0.15, -0.1) is 0 Å². The van der Waals surface area contributed by atoms with Crippen LogP contribution < -0.4 is 14.5 Å². The van der Waals surface area contributed by atoms with E-state index in [1.54, 1.807) is 35.4 Å². The van der Waals surface area contributed by atoms with Gasteiger partial charge in [0.25, 0.3) is 0 Å². The van der Waals surface area contributed by atoms with E-state index in [0.29, 0.717) is 6.54 Å². The molecule has 7 nitrogen and oxygen atoms in total. The smallest absolute Gasteiger partial charge is 0.240 e. The molecule has 2 heterocycles. The Morgan fingerprint density at radius 3 is 2.74 bits per heavy atom. The van der Waals surface area contributed by atoms with Gasteiger partial charge in [-0.1, -0.05) is 0 Å². The summed E-state index contributed by atoms with van der Waals surface area (Å²) in [5.74, 6) is 0.740. The number of carbonyl (C=O) groups excluding carboxylic acids is 1. The zero-order chi connectivity index (χ0) is 19.6. The van der Waals surface area contributed by atoms with Gasteiger partial charge in [-0.3, -0.25) is 4.79 Å². The molecule has 1 N–H and O–H groups in total. The molecule has 0 bridgehead atoms. The lowest BCUT2D eigenvalue weighted by atomic mass is 10.0. The van der Waals surface area contributed by atoms with Crippen LogP contribution in [0.2, 0.25) is 0 Å². The van der Waals surface area contributed by atoms with E-state index in [9.17, 15) is 13.2 Å². The molecule has 1 aromatic heterocycles. The van der Waals surface area contributed by atoms with Crippen molar-refractivity contribution in [3.05, 3.63) is 47.7 Å². The largest absolute Gasteiger partial charge is 0.363 e. The number of anilines is 2. The first kappa shape index (κ1) is 19.3. The van der Waals surface area contributed by atoms with Crippen LogP contribution in [0, 0.1) is 0 Å². The molecule has 0 saturated heterocycles. The normalized spacial score (nSPS) is 14.0. The van der Waals surface area contributed by atoms with E-state index in [0.717, 1.165) is 35.5 Å². The van der Waals surface area contributed by atoms with Crippen LogP contribution in [0.4, 0.5) is 11.5 Å². The van der Waals surface area contributed by atoms with Crippen LogP contribution in [0.1, 0.15) is 24.5 Å². The topological polar surface area (TPSA) is 82.6 Å². The van der Waals surface area contributed by atoms with E-state index in [1.165, 1.54) is 6.92 Å². The van der Waals surface area contributed by atoms with Gasteiger partial charge in [0.15, 0.2) is 0 Å². The van der Waals surface area contributed by atoms with Crippen molar-refractivity contribution in [2.24, 2.45) is 0 Å². The molecule has 2 aromatic rings. The second-order valence-electron chi connectivity index (χ2n) is 6.81. The molecule has 144 valence electrons. The summed E-state index contributed by atoms with van der Waals surface area (Å²) in [4.78, 5) is 19.8. The number of carbonyl (C=O) groups is 1. The van der Waals surface area contributed by atoms with Gasteiger partial charge in [-0.2, -0.15) is 0 Å². The summed E-state index contributed by atoms with van der Waals surface area (Å²) >= 11 is 0. The Morgan fingerprint density at radius 1 is 1.26 bits per heavy atom. The summed E-state index contributed by atoms with van der Waals surface area (Å²) in [5, 5.41) is 0. The predicted molar refractivity (Wildman–Crippen MR) is 105 cm³/mol. The number of aryl methyl sites for hydroxylation is 1. The first-order valence-electron chi connectivity index (χ1n) is 8.81. The van der Waals surface area contributed by atoms with E-state index in [-0.39, 0.29) is 17.3 Å². The fourth-order valence-corrected chi connectivity index (χ4v) is 4.21. The van der Waals surface area contributed by atoms with E-state index in [4.69, 9.17) is 0 Å². The van der Waals surface area contributed by atoms with Crippen LogP contribution in [-0.2, 0) is 27.8 Å². The highest BCUT2D eigenvalue weighted by Gasteiger charge is 2.23. The number of benzene rings is 1. The third kappa shape index (κ3) is 4.28. The lowest BCUT2D eigenvalue weighted by molar-refractivity contribution is -0.116. The molecule has 1 aliphatic heterocycles. The molecule has 1 amide bonds. The summed E-state index contributed by atoms with van der Waals surface area (Å²) in [5.41, 5.74) is 2.52. The fourth-order valence-electron chi connectivity index (χ4n) is 3.14. The van der Waals surface area contributed by atoms with Gasteiger partial charge in [0.1, 0.15) is 5.82 Å². The SMILES string of the molecule is CC(=O)N1CCCc2cc(S(=O)(=O)NCc3ccnc(N(C)C)c3)ccc21. The third-order valence-electron chi connectivity index (χ3n) is 4.59. The number of sulfonamides is 1. The molecular weight excluding hydrogens is 364 g/mol. The number of nitrogens with one attached hydrogen (secondary N) is 1. The summed E-state index contributed by atoms with van der Waals surface area (Å²) in [6.45, 7) is 2.38.